The zero-order valence-corrected chi connectivity index (χ0v) is 7.33. The van der Waals surface area contributed by atoms with Crippen molar-refractivity contribution >= 4 is 5.97 Å². The van der Waals surface area contributed by atoms with E-state index in [-0.39, 0.29) is 5.97 Å². The Bertz CT molecular complexity index is 126. The lowest BCUT2D eigenvalue weighted by atomic mass is 10.3. The SMILES string of the molecule is CCOC(=O)C(N)CN(C)C. The number of hydrogen-bond donors (Lipinski definition) is 1. The van der Waals surface area contributed by atoms with Crippen molar-refractivity contribution < 1.29 is 9.53 Å². The molecule has 0 aliphatic carbocycles. The molecular weight excluding hydrogens is 144 g/mol. The topological polar surface area (TPSA) is 55.6 Å². The Kier molecular flexibility index (Phi) is 4.81. The number of carbonyl (C=O) groups excluding carboxylic acids is 1. The highest BCUT2D eigenvalue weighted by Gasteiger charge is 2.14. The van der Waals surface area contributed by atoms with Gasteiger partial charge in [-0.25, -0.2) is 0 Å². The van der Waals surface area contributed by atoms with E-state index in [0.29, 0.717) is 13.2 Å². The molecule has 0 aromatic carbocycles. The van der Waals surface area contributed by atoms with E-state index in [9.17, 15) is 4.79 Å². The first kappa shape index (κ1) is 10.4. The fraction of sp³-hybridized carbons (Fsp3) is 0.857. The highest BCUT2D eigenvalue weighted by Crippen LogP contribution is 1.87. The van der Waals surface area contributed by atoms with E-state index < -0.39 is 6.04 Å². The lowest BCUT2D eigenvalue weighted by molar-refractivity contribution is -0.145. The summed E-state index contributed by atoms with van der Waals surface area (Å²) in [4.78, 5) is 12.8. The average molecular weight is 160 g/mol. The van der Waals surface area contributed by atoms with Crippen molar-refractivity contribution in [3.63, 3.8) is 0 Å². The van der Waals surface area contributed by atoms with Gasteiger partial charge in [0.05, 0.1) is 6.61 Å². The van der Waals surface area contributed by atoms with Crippen molar-refractivity contribution in [3.8, 4) is 0 Å². The van der Waals surface area contributed by atoms with Crippen LogP contribution >= 0.6 is 0 Å². The highest BCUT2D eigenvalue weighted by atomic mass is 16.5. The molecule has 0 saturated heterocycles. The van der Waals surface area contributed by atoms with Gasteiger partial charge in [-0.3, -0.25) is 4.79 Å². The number of likely N-dealkylation sites (N-methyl/N-ethyl adjacent to an activating group) is 1. The molecule has 0 amide bonds. The molecule has 1 atom stereocenters. The molecule has 11 heavy (non-hydrogen) atoms. The molecule has 4 nitrogen and oxygen atoms in total. The molecule has 0 aliphatic rings. The van der Waals surface area contributed by atoms with Crippen molar-refractivity contribution in [3.05, 3.63) is 0 Å². The van der Waals surface area contributed by atoms with Gasteiger partial charge in [-0.15, -0.1) is 0 Å². The Morgan fingerprint density at radius 3 is 2.55 bits per heavy atom. The molecule has 0 aliphatic heterocycles. The molecule has 0 rings (SSSR count). The van der Waals surface area contributed by atoms with Gasteiger partial charge in [-0.1, -0.05) is 0 Å². The third kappa shape index (κ3) is 4.75. The Balaban J connectivity index is 3.64. The van der Waals surface area contributed by atoms with E-state index in [1.807, 2.05) is 19.0 Å². The summed E-state index contributed by atoms with van der Waals surface area (Å²) in [5.74, 6) is -0.332. The summed E-state index contributed by atoms with van der Waals surface area (Å²) < 4.78 is 4.71. The number of ether oxygens (including phenoxy) is 1. The lowest BCUT2D eigenvalue weighted by Gasteiger charge is -2.14. The molecule has 0 saturated carbocycles. The molecule has 0 radical (unpaired) electrons. The summed E-state index contributed by atoms with van der Waals surface area (Å²) in [7, 11) is 3.72. The van der Waals surface area contributed by atoms with Crippen molar-refractivity contribution in [2.24, 2.45) is 5.73 Å². The van der Waals surface area contributed by atoms with E-state index in [4.69, 9.17) is 10.5 Å². The van der Waals surface area contributed by atoms with E-state index in [2.05, 4.69) is 0 Å². The Labute approximate surface area is 67.3 Å². The molecule has 2 N–H and O–H groups in total. The third-order valence-corrected chi connectivity index (χ3v) is 1.15. The first-order valence-electron chi connectivity index (χ1n) is 3.64. The van der Waals surface area contributed by atoms with Crippen LogP contribution in [0.4, 0.5) is 0 Å². The van der Waals surface area contributed by atoms with Crippen LogP contribution < -0.4 is 5.73 Å². The van der Waals surface area contributed by atoms with E-state index in [1.165, 1.54) is 0 Å². The van der Waals surface area contributed by atoms with Crippen LogP contribution in [-0.2, 0) is 9.53 Å². The van der Waals surface area contributed by atoms with Crippen LogP contribution in [0.25, 0.3) is 0 Å². The van der Waals surface area contributed by atoms with Crippen LogP contribution in [0.15, 0.2) is 0 Å². The minimum Gasteiger partial charge on any atom is -0.465 e. The molecular formula is C7H16N2O2. The lowest BCUT2D eigenvalue weighted by Crippen LogP contribution is -2.41. The predicted molar refractivity (Wildman–Crippen MR) is 43.2 cm³/mol. The first-order valence-corrected chi connectivity index (χ1v) is 3.64. The zero-order valence-electron chi connectivity index (χ0n) is 7.33. The molecule has 0 aromatic rings. The quantitative estimate of drug-likeness (QED) is 0.560. The summed E-state index contributed by atoms with van der Waals surface area (Å²) in [6, 6.07) is -0.523. The van der Waals surface area contributed by atoms with Gasteiger partial charge in [-0.2, -0.15) is 0 Å². The molecule has 0 fully saturated rings. The Morgan fingerprint density at radius 2 is 2.18 bits per heavy atom. The van der Waals surface area contributed by atoms with Crippen LogP contribution in [-0.4, -0.2) is 44.2 Å². The van der Waals surface area contributed by atoms with Crippen molar-refractivity contribution in [2.45, 2.75) is 13.0 Å². The molecule has 0 spiro atoms. The molecule has 0 bridgehead atoms. The molecule has 0 heterocycles. The predicted octanol–water partition coefficient (Wildman–Crippen LogP) is -0.562. The summed E-state index contributed by atoms with van der Waals surface area (Å²) in [6.45, 7) is 2.68. The van der Waals surface area contributed by atoms with Gasteiger partial charge in [0.25, 0.3) is 0 Å². The molecule has 1 unspecified atom stereocenters. The zero-order chi connectivity index (χ0) is 8.85. The van der Waals surface area contributed by atoms with Gasteiger partial charge in [0.15, 0.2) is 0 Å². The van der Waals surface area contributed by atoms with Crippen LogP contribution in [0, 0.1) is 0 Å². The van der Waals surface area contributed by atoms with Gasteiger partial charge >= 0.3 is 5.97 Å². The van der Waals surface area contributed by atoms with Gasteiger partial charge in [-0.05, 0) is 21.0 Å². The minimum atomic E-state index is -0.523. The number of rotatable bonds is 4. The maximum atomic E-state index is 10.9. The first-order chi connectivity index (χ1) is 5.07. The van der Waals surface area contributed by atoms with Crippen LogP contribution in [0.1, 0.15) is 6.92 Å². The monoisotopic (exact) mass is 160 g/mol. The second-order valence-corrected chi connectivity index (χ2v) is 2.62. The smallest absolute Gasteiger partial charge is 0.324 e. The van der Waals surface area contributed by atoms with Crippen LogP contribution in [0.2, 0.25) is 0 Å². The van der Waals surface area contributed by atoms with E-state index in [1.54, 1.807) is 6.92 Å². The summed E-state index contributed by atoms with van der Waals surface area (Å²) in [5.41, 5.74) is 5.49. The number of hydrogen-bond acceptors (Lipinski definition) is 4. The fourth-order valence-electron chi connectivity index (χ4n) is 0.717. The number of esters is 1. The number of nitrogens with two attached hydrogens (primary N) is 1. The summed E-state index contributed by atoms with van der Waals surface area (Å²) in [6.07, 6.45) is 0. The Morgan fingerprint density at radius 1 is 1.64 bits per heavy atom. The second kappa shape index (κ2) is 5.09. The molecule has 0 aromatic heterocycles. The van der Waals surface area contributed by atoms with Crippen molar-refractivity contribution in [1.29, 1.82) is 0 Å². The van der Waals surface area contributed by atoms with Gasteiger partial charge in [0, 0.05) is 6.54 Å². The van der Waals surface area contributed by atoms with Gasteiger partial charge < -0.3 is 15.4 Å². The summed E-state index contributed by atoms with van der Waals surface area (Å²) >= 11 is 0. The summed E-state index contributed by atoms with van der Waals surface area (Å²) in [5, 5.41) is 0. The molecule has 4 heteroatoms. The van der Waals surface area contributed by atoms with Gasteiger partial charge in [0.2, 0.25) is 0 Å². The maximum Gasteiger partial charge on any atom is 0.324 e. The largest absolute Gasteiger partial charge is 0.465 e. The molecule has 66 valence electrons. The van der Waals surface area contributed by atoms with E-state index in [0.717, 1.165) is 0 Å². The fourth-order valence-corrected chi connectivity index (χ4v) is 0.717. The standard InChI is InChI=1S/C7H16N2O2/c1-4-11-7(10)6(8)5-9(2)3/h6H,4-5,8H2,1-3H3. The van der Waals surface area contributed by atoms with Crippen LogP contribution in [0.5, 0.6) is 0 Å². The second-order valence-electron chi connectivity index (χ2n) is 2.62. The average Bonchev–Trinajstić information content (AvgIpc) is 1.86. The minimum absolute atomic E-state index is 0.332. The number of carbonyl (C=O) groups is 1. The van der Waals surface area contributed by atoms with Crippen LogP contribution in [0.3, 0.4) is 0 Å². The number of nitrogens with zero attached hydrogens (tertiary/aromatic N) is 1. The van der Waals surface area contributed by atoms with Gasteiger partial charge in [0.1, 0.15) is 6.04 Å². The third-order valence-electron chi connectivity index (χ3n) is 1.15. The van der Waals surface area contributed by atoms with Crippen molar-refractivity contribution in [1.82, 2.24) is 4.90 Å². The Hall–Kier alpha value is -0.610. The van der Waals surface area contributed by atoms with Crippen molar-refractivity contribution in [2.75, 3.05) is 27.2 Å². The highest BCUT2D eigenvalue weighted by molar-refractivity contribution is 5.75. The van der Waals surface area contributed by atoms with E-state index >= 15 is 0 Å². The normalized spacial score (nSPS) is 13.2. The maximum absolute atomic E-state index is 10.9.